The summed E-state index contributed by atoms with van der Waals surface area (Å²) in [6, 6.07) is 12.9. The van der Waals surface area contributed by atoms with Gasteiger partial charge in [-0.2, -0.15) is 13.2 Å². The number of nitrogens with two attached hydrogens (primary N) is 1. The Labute approximate surface area is 218 Å². The smallest absolute Gasteiger partial charge is 0.416 e. The molecule has 2 aromatic heterocycles. The molecule has 0 amide bonds. The lowest BCUT2D eigenvalue weighted by molar-refractivity contribution is -0.147. The molecule has 2 aromatic carbocycles. The van der Waals surface area contributed by atoms with E-state index in [0.29, 0.717) is 41.9 Å². The predicted octanol–water partition coefficient (Wildman–Crippen LogP) is 6.68. The van der Waals surface area contributed by atoms with Gasteiger partial charge in [0.25, 0.3) is 0 Å². The van der Waals surface area contributed by atoms with Crippen molar-refractivity contribution in [3.63, 3.8) is 0 Å². The molecule has 1 aliphatic rings. The van der Waals surface area contributed by atoms with E-state index in [1.54, 1.807) is 25.4 Å². The Morgan fingerprint density at radius 2 is 1.82 bits per heavy atom. The van der Waals surface area contributed by atoms with Crippen LogP contribution in [0.1, 0.15) is 68.5 Å². The third kappa shape index (κ3) is 4.29. The Balaban J connectivity index is 1.53. The minimum Gasteiger partial charge on any atom is -0.481 e. The van der Waals surface area contributed by atoms with Crippen molar-refractivity contribution in [2.45, 2.75) is 57.5 Å². The predicted molar refractivity (Wildman–Crippen MR) is 139 cm³/mol. The van der Waals surface area contributed by atoms with Crippen LogP contribution in [0.2, 0.25) is 0 Å². The van der Waals surface area contributed by atoms with E-state index in [9.17, 15) is 23.1 Å². The normalized spacial score (nSPS) is 22.6. The van der Waals surface area contributed by atoms with Crippen LogP contribution in [-0.2, 0) is 16.4 Å². The number of alkyl halides is 3. The minimum absolute atomic E-state index is 0.251. The van der Waals surface area contributed by atoms with Gasteiger partial charge in [0.15, 0.2) is 0 Å². The summed E-state index contributed by atoms with van der Waals surface area (Å²) in [5.41, 5.74) is 7.83. The van der Waals surface area contributed by atoms with Crippen molar-refractivity contribution in [1.29, 1.82) is 0 Å². The number of nitrogens with zero attached hydrogens (tertiary/aromatic N) is 3. The lowest BCUT2D eigenvalue weighted by atomic mass is 9.81. The molecule has 3 N–H and O–H groups in total. The van der Waals surface area contributed by atoms with Crippen molar-refractivity contribution < 1.29 is 23.1 Å². The quantitative estimate of drug-likeness (QED) is 0.305. The number of imidazole rings is 1. The average molecular weight is 523 g/mol. The van der Waals surface area contributed by atoms with Crippen LogP contribution < -0.4 is 5.73 Å². The molecule has 5 rings (SSSR count). The number of nitrogen functional groups attached to an aromatic ring is 1. The molecule has 0 saturated heterocycles. The summed E-state index contributed by atoms with van der Waals surface area (Å²) in [5, 5.41) is 9.79. The van der Waals surface area contributed by atoms with Gasteiger partial charge in [-0.15, -0.1) is 0 Å². The van der Waals surface area contributed by atoms with Crippen LogP contribution in [0.15, 0.2) is 60.9 Å². The Morgan fingerprint density at radius 3 is 2.45 bits per heavy atom. The minimum atomic E-state index is -4.40. The number of anilines is 1. The SMILES string of the molecule is C[C@@H](c1ccc(-c2nc([C@@]3(C)CC[C@](C)(C(=O)O)C3)n3ccnc(N)c23)cc1)c1cccc(C(F)(F)F)c1. The second kappa shape index (κ2) is 8.85. The second-order valence-electron chi connectivity index (χ2n) is 10.9. The van der Waals surface area contributed by atoms with E-state index in [0.717, 1.165) is 23.0 Å². The summed E-state index contributed by atoms with van der Waals surface area (Å²) < 4.78 is 41.5. The van der Waals surface area contributed by atoms with Gasteiger partial charge in [-0.05, 0) is 43.4 Å². The maximum absolute atomic E-state index is 13.2. The van der Waals surface area contributed by atoms with E-state index >= 15 is 0 Å². The van der Waals surface area contributed by atoms with Crippen LogP contribution in [0.4, 0.5) is 19.0 Å². The number of rotatable bonds is 5. The van der Waals surface area contributed by atoms with E-state index in [1.165, 1.54) is 12.1 Å². The fourth-order valence-corrected chi connectivity index (χ4v) is 5.76. The molecule has 198 valence electrons. The number of carbonyl (C=O) groups is 1. The second-order valence-corrected chi connectivity index (χ2v) is 10.9. The van der Waals surface area contributed by atoms with Gasteiger partial charge >= 0.3 is 12.1 Å². The average Bonchev–Trinajstić information content (AvgIpc) is 3.44. The topological polar surface area (TPSA) is 93.5 Å². The van der Waals surface area contributed by atoms with E-state index in [2.05, 4.69) is 4.98 Å². The van der Waals surface area contributed by atoms with Crippen molar-refractivity contribution >= 4 is 17.3 Å². The summed E-state index contributed by atoms with van der Waals surface area (Å²) in [6.07, 6.45) is 0.666. The highest BCUT2D eigenvalue weighted by molar-refractivity contribution is 5.85. The highest BCUT2D eigenvalue weighted by Gasteiger charge is 2.50. The number of aromatic nitrogens is 3. The maximum Gasteiger partial charge on any atom is 0.416 e. The number of aliphatic carboxylic acids is 1. The zero-order valence-electron chi connectivity index (χ0n) is 21.4. The standard InChI is InChI=1S/C29H29F3N4O2/c1-17(20-5-4-6-21(15-20)29(30,31)32)18-7-9-19(10-8-18)22-23-24(33)34-13-14-36(23)25(35-22)27(2)11-12-28(3,16-27)26(37)38/h4-10,13-15,17H,11-12,16H2,1-3H3,(H2,33,34)(H,37,38)/t17-,27-,28-/m0/s1. The lowest BCUT2D eigenvalue weighted by Gasteiger charge is -2.25. The van der Waals surface area contributed by atoms with E-state index < -0.39 is 28.5 Å². The number of hydrogen-bond donors (Lipinski definition) is 2. The Kier molecular flexibility index (Phi) is 6.00. The van der Waals surface area contributed by atoms with Crippen LogP contribution in [-0.4, -0.2) is 25.4 Å². The highest BCUT2D eigenvalue weighted by atomic mass is 19.4. The third-order valence-electron chi connectivity index (χ3n) is 8.05. The molecule has 0 aliphatic heterocycles. The molecule has 1 aliphatic carbocycles. The molecule has 0 radical (unpaired) electrons. The Bertz CT molecular complexity index is 1530. The number of fused-ring (bicyclic) bond motifs is 1. The molecule has 1 saturated carbocycles. The molecule has 9 heteroatoms. The summed E-state index contributed by atoms with van der Waals surface area (Å²) in [4.78, 5) is 21.2. The van der Waals surface area contributed by atoms with Gasteiger partial charge in [-0.25, -0.2) is 9.97 Å². The molecule has 38 heavy (non-hydrogen) atoms. The highest BCUT2D eigenvalue weighted by Crippen LogP contribution is 2.51. The van der Waals surface area contributed by atoms with E-state index in [1.807, 2.05) is 42.5 Å². The molecule has 0 bridgehead atoms. The van der Waals surface area contributed by atoms with Gasteiger partial charge in [0.1, 0.15) is 22.9 Å². The van der Waals surface area contributed by atoms with E-state index in [-0.39, 0.29) is 5.92 Å². The summed E-state index contributed by atoms with van der Waals surface area (Å²) >= 11 is 0. The molecule has 0 unspecified atom stereocenters. The van der Waals surface area contributed by atoms with Gasteiger partial charge in [0.2, 0.25) is 0 Å². The first-order valence-electron chi connectivity index (χ1n) is 12.5. The number of halogens is 3. The number of carboxylic acids is 1. The molecular formula is C29H29F3N4O2. The first kappa shape index (κ1) is 25.8. The monoisotopic (exact) mass is 522 g/mol. The maximum atomic E-state index is 13.2. The fourth-order valence-electron chi connectivity index (χ4n) is 5.76. The molecule has 2 heterocycles. The van der Waals surface area contributed by atoms with Crippen LogP contribution in [0.5, 0.6) is 0 Å². The van der Waals surface area contributed by atoms with Gasteiger partial charge < -0.3 is 10.8 Å². The van der Waals surface area contributed by atoms with Gasteiger partial charge in [-0.3, -0.25) is 9.20 Å². The molecule has 4 aromatic rings. The summed E-state index contributed by atoms with van der Waals surface area (Å²) in [7, 11) is 0. The first-order valence-corrected chi connectivity index (χ1v) is 12.5. The zero-order chi connectivity index (χ0) is 27.5. The molecular weight excluding hydrogens is 493 g/mol. The first-order chi connectivity index (χ1) is 17.8. The van der Waals surface area contributed by atoms with Gasteiger partial charge in [-0.1, -0.05) is 56.3 Å². The van der Waals surface area contributed by atoms with Crippen molar-refractivity contribution in [3.8, 4) is 11.3 Å². The number of benzene rings is 2. The number of carboxylic acid groups (broad SMARTS) is 1. The largest absolute Gasteiger partial charge is 0.481 e. The van der Waals surface area contributed by atoms with Crippen molar-refractivity contribution in [1.82, 2.24) is 14.4 Å². The molecule has 6 nitrogen and oxygen atoms in total. The summed E-state index contributed by atoms with van der Waals surface area (Å²) in [5.74, 6) is -0.0132. The van der Waals surface area contributed by atoms with Crippen LogP contribution in [0.3, 0.4) is 0 Å². The summed E-state index contributed by atoms with van der Waals surface area (Å²) in [6.45, 7) is 5.69. The van der Waals surface area contributed by atoms with Gasteiger partial charge in [0, 0.05) is 29.3 Å². The van der Waals surface area contributed by atoms with Crippen LogP contribution in [0.25, 0.3) is 16.8 Å². The van der Waals surface area contributed by atoms with Crippen molar-refractivity contribution in [2.24, 2.45) is 5.41 Å². The zero-order valence-corrected chi connectivity index (χ0v) is 21.4. The molecule has 1 fully saturated rings. The van der Waals surface area contributed by atoms with Crippen molar-refractivity contribution in [2.75, 3.05) is 5.73 Å². The van der Waals surface area contributed by atoms with Crippen molar-refractivity contribution in [3.05, 3.63) is 83.4 Å². The van der Waals surface area contributed by atoms with E-state index in [4.69, 9.17) is 10.7 Å². The van der Waals surface area contributed by atoms with Crippen LogP contribution >= 0.6 is 0 Å². The fraction of sp³-hybridized carbons (Fsp3) is 0.345. The number of hydrogen-bond acceptors (Lipinski definition) is 4. The Hall–Kier alpha value is -3.88. The lowest BCUT2D eigenvalue weighted by Crippen LogP contribution is -2.29. The van der Waals surface area contributed by atoms with Gasteiger partial charge in [0.05, 0.1) is 11.0 Å². The molecule has 3 atom stereocenters. The van der Waals surface area contributed by atoms with Crippen LogP contribution in [0, 0.1) is 5.41 Å². The Morgan fingerprint density at radius 1 is 1.11 bits per heavy atom. The third-order valence-corrected chi connectivity index (χ3v) is 8.05. The molecule has 0 spiro atoms.